The molecule has 0 saturated heterocycles. The molecule has 0 aromatic heterocycles. The van der Waals surface area contributed by atoms with E-state index in [0.717, 1.165) is 18.1 Å². The van der Waals surface area contributed by atoms with E-state index in [9.17, 15) is 0 Å². The molecule has 0 atom stereocenters. The van der Waals surface area contributed by atoms with Crippen molar-refractivity contribution in [1.82, 2.24) is 5.32 Å². The Morgan fingerprint density at radius 2 is 2.12 bits per heavy atom. The maximum absolute atomic E-state index is 5.97. The first-order valence-electron chi connectivity index (χ1n) is 6.24. The van der Waals surface area contributed by atoms with Crippen molar-refractivity contribution in [2.75, 3.05) is 12.8 Å². The summed E-state index contributed by atoms with van der Waals surface area (Å²) in [5.41, 5.74) is 1.27. The van der Waals surface area contributed by atoms with Gasteiger partial charge in [-0.25, -0.2) is 0 Å². The number of benzene rings is 1. The number of thioether (sulfide) groups is 1. The topological polar surface area (TPSA) is 12.0 Å². The lowest BCUT2D eigenvalue weighted by Gasteiger charge is -2.27. The highest BCUT2D eigenvalue weighted by molar-refractivity contribution is 8.00. The molecule has 1 aliphatic rings. The van der Waals surface area contributed by atoms with Crippen LogP contribution in [0.1, 0.15) is 31.2 Å². The fraction of sp³-hybridized carbons (Fsp3) is 0.571. The summed E-state index contributed by atoms with van der Waals surface area (Å²) < 4.78 is 0.485. The Hall–Kier alpha value is -0.180. The molecule has 1 N–H and O–H groups in total. The van der Waals surface area contributed by atoms with Crippen molar-refractivity contribution < 1.29 is 0 Å². The molecule has 0 amide bonds. The summed E-state index contributed by atoms with van der Waals surface area (Å²) in [7, 11) is 0. The van der Waals surface area contributed by atoms with E-state index in [2.05, 4.69) is 17.6 Å². The number of nitrogens with one attached hydrogen (secondary N) is 1. The Morgan fingerprint density at radius 1 is 1.35 bits per heavy atom. The van der Waals surface area contributed by atoms with Crippen molar-refractivity contribution in [1.29, 1.82) is 0 Å². The van der Waals surface area contributed by atoms with Crippen LogP contribution >= 0.6 is 23.4 Å². The monoisotopic (exact) mass is 269 g/mol. The zero-order chi connectivity index (χ0) is 12.1. The highest BCUT2D eigenvalue weighted by atomic mass is 35.5. The molecule has 1 aromatic carbocycles. The predicted octanol–water partition coefficient (Wildman–Crippen LogP) is 4.11. The molecule has 3 heteroatoms. The third-order valence-corrected chi connectivity index (χ3v) is 5.27. The molecule has 1 fully saturated rings. The van der Waals surface area contributed by atoms with Gasteiger partial charge in [-0.05, 0) is 36.8 Å². The summed E-state index contributed by atoms with van der Waals surface area (Å²) in [6.07, 6.45) is 7.74. The van der Waals surface area contributed by atoms with Crippen LogP contribution in [0, 0.1) is 0 Å². The van der Waals surface area contributed by atoms with Crippen molar-refractivity contribution >= 4 is 23.4 Å². The van der Waals surface area contributed by atoms with Crippen LogP contribution in [0.25, 0.3) is 0 Å². The summed E-state index contributed by atoms with van der Waals surface area (Å²) in [6.45, 7) is 2.03. The maximum atomic E-state index is 5.97. The highest BCUT2D eigenvalue weighted by Crippen LogP contribution is 2.39. The van der Waals surface area contributed by atoms with Crippen LogP contribution < -0.4 is 5.32 Å². The summed E-state index contributed by atoms with van der Waals surface area (Å²) in [6, 6.07) is 8.10. The molecule has 0 spiro atoms. The third-order valence-electron chi connectivity index (χ3n) is 3.61. The van der Waals surface area contributed by atoms with E-state index < -0.39 is 0 Å². The van der Waals surface area contributed by atoms with E-state index in [1.807, 2.05) is 30.0 Å². The predicted molar refractivity (Wildman–Crippen MR) is 77.9 cm³/mol. The second-order valence-electron chi connectivity index (χ2n) is 4.83. The Balaban J connectivity index is 1.82. The zero-order valence-electron chi connectivity index (χ0n) is 10.3. The molecule has 0 radical (unpaired) electrons. The van der Waals surface area contributed by atoms with Crippen LogP contribution in [-0.2, 0) is 6.54 Å². The van der Waals surface area contributed by atoms with Crippen LogP contribution in [0.4, 0.5) is 0 Å². The minimum atomic E-state index is 0.485. The lowest BCUT2D eigenvalue weighted by Crippen LogP contribution is -2.34. The van der Waals surface area contributed by atoms with Gasteiger partial charge in [0.2, 0.25) is 0 Å². The van der Waals surface area contributed by atoms with E-state index in [4.69, 9.17) is 11.6 Å². The molecule has 0 bridgehead atoms. The number of rotatable bonds is 5. The Kier molecular flexibility index (Phi) is 4.78. The van der Waals surface area contributed by atoms with Gasteiger partial charge in [0.15, 0.2) is 0 Å². The van der Waals surface area contributed by atoms with Gasteiger partial charge >= 0.3 is 0 Å². The van der Waals surface area contributed by atoms with Crippen molar-refractivity contribution in [2.45, 2.75) is 37.0 Å². The minimum Gasteiger partial charge on any atom is -0.311 e. The minimum absolute atomic E-state index is 0.485. The van der Waals surface area contributed by atoms with Crippen LogP contribution in [0.5, 0.6) is 0 Å². The van der Waals surface area contributed by atoms with E-state index in [1.165, 1.54) is 31.2 Å². The maximum Gasteiger partial charge on any atom is 0.0409 e. The standard InChI is InChI=1S/C14H20ClNS/c1-17-14(7-2-3-8-14)11-16-10-12-5-4-6-13(15)9-12/h4-6,9,16H,2-3,7-8,10-11H2,1H3. The van der Waals surface area contributed by atoms with Crippen LogP contribution in [0.2, 0.25) is 5.02 Å². The molecule has 0 unspecified atom stereocenters. The number of halogens is 1. The first-order valence-corrected chi connectivity index (χ1v) is 7.85. The average Bonchev–Trinajstić information content (AvgIpc) is 2.79. The quantitative estimate of drug-likeness (QED) is 0.864. The molecular formula is C14H20ClNS. The van der Waals surface area contributed by atoms with Gasteiger partial charge in [-0.3, -0.25) is 0 Å². The number of hydrogen-bond acceptors (Lipinski definition) is 2. The summed E-state index contributed by atoms with van der Waals surface area (Å²) >= 11 is 8.00. The third kappa shape index (κ3) is 3.64. The van der Waals surface area contributed by atoms with Gasteiger partial charge in [-0.2, -0.15) is 11.8 Å². The lowest BCUT2D eigenvalue weighted by atomic mass is 10.1. The van der Waals surface area contributed by atoms with Crippen LogP contribution in [0.15, 0.2) is 24.3 Å². The fourth-order valence-electron chi connectivity index (χ4n) is 2.55. The van der Waals surface area contributed by atoms with Gasteiger partial charge in [0, 0.05) is 22.9 Å². The molecule has 1 nitrogen and oxygen atoms in total. The van der Waals surface area contributed by atoms with E-state index in [0.29, 0.717) is 4.75 Å². The van der Waals surface area contributed by atoms with Gasteiger partial charge in [-0.15, -0.1) is 0 Å². The second-order valence-corrected chi connectivity index (χ2v) is 6.54. The molecule has 0 heterocycles. The van der Waals surface area contributed by atoms with Crippen molar-refractivity contribution in [3.8, 4) is 0 Å². The molecule has 17 heavy (non-hydrogen) atoms. The van der Waals surface area contributed by atoms with Gasteiger partial charge in [0.05, 0.1) is 0 Å². The summed E-state index contributed by atoms with van der Waals surface area (Å²) in [5, 5.41) is 4.41. The SMILES string of the molecule is CSC1(CNCc2cccc(Cl)c2)CCCC1. The Bertz CT molecular complexity index is 361. The van der Waals surface area contributed by atoms with Gasteiger partial charge < -0.3 is 5.32 Å². The highest BCUT2D eigenvalue weighted by Gasteiger charge is 2.32. The van der Waals surface area contributed by atoms with Crippen molar-refractivity contribution in [3.63, 3.8) is 0 Å². The Labute approximate surface area is 113 Å². The van der Waals surface area contributed by atoms with Gasteiger partial charge in [0.1, 0.15) is 0 Å². The fourth-order valence-corrected chi connectivity index (χ4v) is 3.71. The van der Waals surface area contributed by atoms with Crippen LogP contribution in [0.3, 0.4) is 0 Å². The molecule has 2 rings (SSSR count). The van der Waals surface area contributed by atoms with E-state index in [1.54, 1.807) is 0 Å². The molecule has 1 aromatic rings. The molecule has 1 aliphatic carbocycles. The van der Waals surface area contributed by atoms with Gasteiger partial charge in [-0.1, -0.05) is 36.6 Å². The van der Waals surface area contributed by atoms with E-state index in [-0.39, 0.29) is 0 Å². The summed E-state index contributed by atoms with van der Waals surface area (Å²) in [4.78, 5) is 0. The normalized spacial score (nSPS) is 18.5. The molecule has 94 valence electrons. The summed E-state index contributed by atoms with van der Waals surface area (Å²) in [5.74, 6) is 0. The molecule has 0 aliphatic heterocycles. The Morgan fingerprint density at radius 3 is 2.76 bits per heavy atom. The first-order chi connectivity index (χ1) is 8.24. The van der Waals surface area contributed by atoms with Crippen LogP contribution in [-0.4, -0.2) is 17.5 Å². The number of hydrogen-bond donors (Lipinski definition) is 1. The smallest absolute Gasteiger partial charge is 0.0409 e. The van der Waals surface area contributed by atoms with Crippen molar-refractivity contribution in [2.24, 2.45) is 0 Å². The largest absolute Gasteiger partial charge is 0.311 e. The average molecular weight is 270 g/mol. The van der Waals surface area contributed by atoms with E-state index >= 15 is 0 Å². The van der Waals surface area contributed by atoms with Crippen molar-refractivity contribution in [3.05, 3.63) is 34.9 Å². The molecule has 1 saturated carbocycles. The lowest BCUT2D eigenvalue weighted by molar-refractivity contribution is 0.534. The second kappa shape index (κ2) is 6.12. The zero-order valence-corrected chi connectivity index (χ0v) is 11.9. The first kappa shape index (κ1) is 13.3. The molecular weight excluding hydrogens is 250 g/mol. The van der Waals surface area contributed by atoms with Gasteiger partial charge in [0.25, 0.3) is 0 Å².